The van der Waals surface area contributed by atoms with Gasteiger partial charge in [-0.3, -0.25) is 14.7 Å². The molecule has 0 unspecified atom stereocenters. The van der Waals surface area contributed by atoms with Crippen molar-refractivity contribution in [3.8, 4) is 12.3 Å². The highest BCUT2D eigenvalue weighted by atomic mass is 32.2. The fraction of sp³-hybridized carbons (Fsp3) is 0.294. The van der Waals surface area contributed by atoms with E-state index in [0.717, 1.165) is 17.4 Å². The Balaban J connectivity index is 1.82. The van der Waals surface area contributed by atoms with Crippen LogP contribution in [0, 0.1) is 12.3 Å². The Hall–Kier alpha value is -2.43. The first-order valence-electron chi connectivity index (χ1n) is 7.47. The zero-order chi connectivity index (χ0) is 17.3. The summed E-state index contributed by atoms with van der Waals surface area (Å²) in [7, 11) is -3.52. The molecule has 7 heteroatoms. The maximum Gasteiger partial charge on any atom is 0.256 e. The van der Waals surface area contributed by atoms with Gasteiger partial charge in [0.1, 0.15) is 0 Å². The Morgan fingerprint density at radius 1 is 1.33 bits per heavy atom. The van der Waals surface area contributed by atoms with Crippen LogP contribution in [0.2, 0.25) is 0 Å². The van der Waals surface area contributed by atoms with Crippen LogP contribution in [0.3, 0.4) is 0 Å². The van der Waals surface area contributed by atoms with E-state index in [1.807, 2.05) is 24.3 Å². The van der Waals surface area contributed by atoms with Crippen LogP contribution in [0.25, 0.3) is 0 Å². The number of aromatic nitrogens is 2. The Bertz CT molecular complexity index is 970. The molecular weight excluding hydrogens is 326 g/mol. The van der Waals surface area contributed by atoms with Gasteiger partial charge < -0.3 is 0 Å². The van der Waals surface area contributed by atoms with Gasteiger partial charge in [-0.25, -0.2) is 13.4 Å². The largest absolute Gasteiger partial charge is 0.297 e. The van der Waals surface area contributed by atoms with Gasteiger partial charge in [0, 0.05) is 37.9 Å². The minimum atomic E-state index is -3.52. The van der Waals surface area contributed by atoms with Gasteiger partial charge in [-0.15, -0.1) is 6.42 Å². The molecule has 0 spiro atoms. The van der Waals surface area contributed by atoms with E-state index in [2.05, 4.69) is 20.8 Å². The van der Waals surface area contributed by atoms with E-state index in [1.54, 1.807) is 0 Å². The summed E-state index contributed by atoms with van der Waals surface area (Å²) in [6.07, 6.45) is 6.93. The number of sulfone groups is 1. The highest BCUT2D eigenvalue weighted by Gasteiger charge is 2.23. The van der Waals surface area contributed by atoms with Crippen molar-refractivity contribution < 1.29 is 8.42 Å². The molecule has 1 aliphatic heterocycles. The van der Waals surface area contributed by atoms with Crippen LogP contribution < -0.4 is 5.56 Å². The van der Waals surface area contributed by atoms with Crippen molar-refractivity contribution in [1.29, 1.82) is 0 Å². The van der Waals surface area contributed by atoms with Crippen molar-refractivity contribution >= 4 is 9.84 Å². The molecule has 0 saturated carbocycles. The van der Waals surface area contributed by atoms with Crippen molar-refractivity contribution in [2.75, 3.05) is 12.8 Å². The van der Waals surface area contributed by atoms with E-state index in [4.69, 9.17) is 6.42 Å². The maximum absolute atomic E-state index is 12.2. The zero-order valence-electron chi connectivity index (χ0n) is 13.2. The topological polar surface area (TPSA) is 83.1 Å². The van der Waals surface area contributed by atoms with Gasteiger partial charge in [0.15, 0.2) is 0 Å². The lowest BCUT2D eigenvalue weighted by Gasteiger charge is -2.27. The third kappa shape index (κ3) is 3.40. The highest BCUT2D eigenvalue weighted by Crippen LogP contribution is 2.17. The van der Waals surface area contributed by atoms with Crippen LogP contribution in [-0.4, -0.2) is 36.1 Å². The number of nitrogens with one attached hydrogen (secondary N) is 1. The van der Waals surface area contributed by atoms with Gasteiger partial charge >= 0.3 is 0 Å². The van der Waals surface area contributed by atoms with Crippen LogP contribution in [-0.2, 0) is 29.3 Å². The Morgan fingerprint density at radius 3 is 2.67 bits per heavy atom. The third-order valence-corrected chi connectivity index (χ3v) is 4.90. The van der Waals surface area contributed by atoms with E-state index in [9.17, 15) is 13.2 Å². The molecule has 0 fully saturated rings. The van der Waals surface area contributed by atoms with E-state index in [-0.39, 0.29) is 10.7 Å². The lowest BCUT2D eigenvalue weighted by molar-refractivity contribution is 0.241. The number of H-pyrrole nitrogens is 1. The molecule has 0 radical (unpaired) electrons. The first kappa shape index (κ1) is 16.4. The Kier molecular flexibility index (Phi) is 4.26. The average molecular weight is 343 g/mol. The van der Waals surface area contributed by atoms with Crippen LogP contribution in [0.1, 0.15) is 22.4 Å². The second-order valence-electron chi connectivity index (χ2n) is 5.87. The maximum atomic E-state index is 12.2. The van der Waals surface area contributed by atoms with Gasteiger partial charge in [0.05, 0.1) is 11.3 Å². The molecule has 1 aromatic carbocycles. The van der Waals surface area contributed by atoms with Crippen molar-refractivity contribution in [1.82, 2.24) is 14.9 Å². The molecule has 2 heterocycles. The summed E-state index contributed by atoms with van der Waals surface area (Å²) in [5.41, 5.74) is 2.66. The number of terminal acetylenes is 1. The summed E-state index contributed by atoms with van der Waals surface area (Å²) in [5, 5.41) is -0.260. The lowest BCUT2D eigenvalue weighted by Crippen LogP contribution is -2.36. The van der Waals surface area contributed by atoms with E-state index in [0.29, 0.717) is 37.3 Å². The molecular formula is C17H17N3O3S. The van der Waals surface area contributed by atoms with Gasteiger partial charge in [0.25, 0.3) is 5.56 Å². The third-order valence-electron chi connectivity index (χ3n) is 4.00. The second-order valence-corrected chi connectivity index (χ2v) is 7.80. The molecule has 3 rings (SSSR count). The standard InChI is InChI=1S/C17H17N3O3S/c1-3-12-4-6-13(7-5-12)10-20-9-8-15-14(11-20)16(21)19-17(18-15)24(2,22)23/h1,4-7H,8-11H2,2H3,(H,18,19,21). The van der Waals surface area contributed by atoms with E-state index >= 15 is 0 Å². The molecule has 0 amide bonds. The fourth-order valence-corrected chi connectivity index (χ4v) is 3.29. The molecule has 0 bridgehead atoms. The summed E-state index contributed by atoms with van der Waals surface area (Å²) in [4.78, 5) is 20.8. The molecule has 6 nitrogen and oxygen atoms in total. The molecule has 0 atom stereocenters. The molecule has 1 aromatic heterocycles. The molecule has 1 aliphatic rings. The van der Waals surface area contributed by atoms with Crippen molar-refractivity contribution in [2.24, 2.45) is 0 Å². The van der Waals surface area contributed by atoms with Crippen LogP contribution >= 0.6 is 0 Å². The summed E-state index contributed by atoms with van der Waals surface area (Å²) < 4.78 is 23.1. The van der Waals surface area contributed by atoms with E-state index in [1.165, 1.54) is 0 Å². The van der Waals surface area contributed by atoms with Crippen molar-refractivity contribution in [3.05, 3.63) is 57.0 Å². The Labute approximate surface area is 140 Å². The quantitative estimate of drug-likeness (QED) is 0.656. The first-order valence-corrected chi connectivity index (χ1v) is 9.36. The normalized spacial score (nSPS) is 14.8. The number of fused-ring (bicyclic) bond motifs is 1. The zero-order valence-corrected chi connectivity index (χ0v) is 14.1. The summed E-state index contributed by atoms with van der Waals surface area (Å²) in [6.45, 7) is 1.85. The number of aromatic amines is 1. The van der Waals surface area contributed by atoms with Crippen LogP contribution in [0.15, 0.2) is 34.2 Å². The molecule has 2 aromatic rings. The molecule has 0 aliphatic carbocycles. The number of benzene rings is 1. The van der Waals surface area contributed by atoms with E-state index < -0.39 is 9.84 Å². The number of rotatable bonds is 3. The van der Waals surface area contributed by atoms with Gasteiger partial charge in [0.2, 0.25) is 15.0 Å². The summed E-state index contributed by atoms with van der Waals surface area (Å²) in [5.74, 6) is 2.58. The van der Waals surface area contributed by atoms with Crippen LogP contribution in [0.5, 0.6) is 0 Å². The smallest absolute Gasteiger partial charge is 0.256 e. The number of hydrogen-bond acceptors (Lipinski definition) is 5. The monoisotopic (exact) mass is 343 g/mol. The molecule has 0 saturated heterocycles. The first-order chi connectivity index (χ1) is 11.4. The van der Waals surface area contributed by atoms with Crippen LogP contribution in [0.4, 0.5) is 0 Å². The van der Waals surface area contributed by atoms with Gasteiger partial charge in [-0.2, -0.15) is 0 Å². The lowest BCUT2D eigenvalue weighted by atomic mass is 10.1. The number of hydrogen-bond donors (Lipinski definition) is 1. The number of nitrogens with zero attached hydrogens (tertiary/aromatic N) is 2. The van der Waals surface area contributed by atoms with Crippen molar-refractivity contribution in [3.63, 3.8) is 0 Å². The SMILES string of the molecule is C#Cc1ccc(CN2CCc3nc(S(C)(=O)=O)[nH]c(=O)c3C2)cc1. The van der Waals surface area contributed by atoms with Gasteiger partial charge in [-0.1, -0.05) is 18.1 Å². The summed E-state index contributed by atoms with van der Waals surface area (Å²) in [6, 6.07) is 7.72. The fourth-order valence-electron chi connectivity index (χ4n) is 2.73. The Morgan fingerprint density at radius 2 is 2.04 bits per heavy atom. The molecule has 1 N–H and O–H groups in total. The average Bonchev–Trinajstić information content (AvgIpc) is 2.55. The minimum Gasteiger partial charge on any atom is -0.297 e. The summed E-state index contributed by atoms with van der Waals surface area (Å²) >= 11 is 0. The van der Waals surface area contributed by atoms with Gasteiger partial charge in [-0.05, 0) is 17.7 Å². The predicted octanol–water partition coefficient (Wildman–Crippen LogP) is 0.713. The second kappa shape index (κ2) is 6.23. The highest BCUT2D eigenvalue weighted by molar-refractivity contribution is 7.90. The molecule has 124 valence electrons. The molecule has 24 heavy (non-hydrogen) atoms. The van der Waals surface area contributed by atoms with Crippen molar-refractivity contribution in [2.45, 2.75) is 24.7 Å². The predicted molar refractivity (Wildman–Crippen MR) is 90.2 cm³/mol. The minimum absolute atomic E-state index is 0.260.